The van der Waals surface area contributed by atoms with Gasteiger partial charge in [0, 0.05) is 68.8 Å². The molecular formula is C26H30ClN5OS. The van der Waals surface area contributed by atoms with Gasteiger partial charge in [-0.1, -0.05) is 54.1 Å². The van der Waals surface area contributed by atoms with Gasteiger partial charge < -0.3 is 9.80 Å². The Morgan fingerprint density at radius 3 is 2.50 bits per heavy atom. The minimum absolute atomic E-state index is 0.0399. The zero-order valence-corrected chi connectivity index (χ0v) is 20.8. The molecule has 34 heavy (non-hydrogen) atoms. The number of piperidine rings is 1. The molecule has 178 valence electrons. The first kappa shape index (κ1) is 23.3. The smallest absolute Gasteiger partial charge is 0.227 e. The molecule has 1 aromatic heterocycles. The molecular weight excluding hydrogens is 466 g/mol. The maximum absolute atomic E-state index is 13.3. The second-order valence-corrected chi connectivity index (χ2v) is 10.3. The van der Waals surface area contributed by atoms with E-state index in [2.05, 4.69) is 49.4 Å². The Hall–Kier alpha value is -2.48. The van der Waals surface area contributed by atoms with Gasteiger partial charge in [0.25, 0.3) is 0 Å². The van der Waals surface area contributed by atoms with Crippen molar-refractivity contribution in [3.05, 3.63) is 76.6 Å². The van der Waals surface area contributed by atoms with Crippen LogP contribution in [0.25, 0.3) is 0 Å². The predicted octanol–water partition coefficient (Wildman–Crippen LogP) is 4.34. The first-order valence-electron chi connectivity index (χ1n) is 12.0. The summed E-state index contributed by atoms with van der Waals surface area (Å²) in [4.78, 5) is 24.8. The quantitative estimate of drug-likeness (QED) is 0.509. The maximum atomic E-state index is 13.3. The van der Waals surface area contributed by atoms with Crippen LogP contribution in [0.1, 0.15) is 29.8 Å². The molecule has 2 fully saturated rings. The van der Waals surface area contributed by atoms with Gasteiger partial charge >= 0.3 is 0 Å². The molecule has 2 aliphatic heterocycles. The lowest BCUT2D eigenvalue weighted by Gasteiger charge is -2.39. The first-order chi connectivity index (χ1) is 16.6. The Morgan fingerprint density at radius 1 is 0.971 bits per heavy atom. The predicted molar refractivity (Wildman–Crippen MR) is 137 cm³/mol. The normalized spacial score (nSPS) is 19.4. The molecule has 0 spiro atoms. The molecule has 1 amide bonds. The molecule has 0 N–H and O–H groups in total. The van der Waals surface area contributed by atoms with Gasteiger partial charge in [-0.25, -0.2) is 4.98 Å². The summed E-state index contributed by atoms with van der Waals surface area (Å²) in [5.41, 5.74) is 2.48. The highest BCUT2D eigenvalue weighted by Crippen LogP contribution is 2.27. The summed E-state index contributed by atoms with van der Waals surface area (Å²) < 4.78 is 4.57. The highest BCUT2D eigenvalue weighted by molar-refractivity contribution is 7.09. The topological polar surface area (TPSA) is 52.6 Å². The van der Waals surface area contributed by atoms with E-state index < -0.39 is 0 Å². The summed E-state index contributed by atoms with van der Waals surface area (Å²) in [6.45, 7) is 6.11. The van der Waals surface area contributed by atoms with E-state index in [-0.39, 0.29) is 5.92 Å². The van der Waals surface area contributed by atoms with Crippen LogP contribution < -0.4 is 4.90 Å². The summed E-state index contributed by atoms with van der Waals surface area (Å²) >= 11 is 7.42. The largest absolute Gasteiger partial charge is 0.346 e. The van der Waals surface area contributed by atoms with Crippen LogP contribution in [0.3, 0.4) is 0 Å². The van der Waals surface area contributed by atoms with Gasteiger partial charge in [0.05, 0.1) is 5.92 Å². The van der Waals surface area contributed by atoms with Crippen LogP contribution in [0.15, 0.2) is 54.6 Å². The van der Waals surface area contributed by atoms with Crippen molar-refractivity contribution in [3.8, 4) is 0 Å². The second-order valence-electron chi connectivity index (χ2n) is 9.17. The van der Waals surface area contributed by atoms with Crippen LogP contribution in [0.2, 0.25) is 5.02 Å². The number of hydrogen-bond donors (Lipinski definition) is 0. The number of carbonyl (C=O) groups is 1. The van der Waals surface area contributed by atoms with Crippen LogP contribution in [0.5, 0.6) is 0 Å². The Bertz CT molecular complexity index is 1080. The molecule has 0 saturated carbocycles. The van der Waals surface area contributed by atoms with Crippen molar-refractivity contribution >= 4 is 34.2 Å². The monoisotopic (exact) mass is 495 g/mol. The van der Waals surface area contributed by atoms with E-state index in [1.807, 2.05) is 24.3 Å². The van der Waals surface area contributed by atoms with Crippen molar-refractivity contribution in [3.63, 3.8) is 0 Å². The lowest BCUT2D eigenvalue weighted by atomic mass is 9.96. The standard InChI is InChI=1S/C26H30ClN5OS/c27-23-10-8-20(9-11-23)17-24-28-26(34-29-24)32-12-4-7-22(19-32)25(33)31-15-13-30(14-16-31)18-21-5-2-1-3-6-21/h1-3,5-6,8-11,22H,4,7,12-19H2. The molecule has 1 atom stereocenters. The van der Waals surface area contributed by atoms with Gasteiger partial charge in [-0.3, -0.25) is 9.69 Å². The number of piperazine rings is 1. The Labute approximate surface area is 210 Å². The van der Waals surface area contributed by atoms with E-state index in [1.54, 1.807) is 0 Å². The third kappa shape index (κ3) is 5.77. The summed E-state index contributed by atoms with van der Waals surface area (Å²) in [6.07, 6.45) is 2.66. The highest BCUT2D eigenvalue weighted by atomic mass is 35.5. The number of hydrogen-bond acceptors (Lipinski definition) is 6. The number of halogens is 1. The minimum Gasteiger partial charge on any atom is -0.346 e. The number of aromatic nitrogens is 2. The van der Waals surface area contributed by atoms with Crippen molar-refractivity contribution < 1.29 is 4.79 Å². The zero-order valence-electron chi connectivity index (χ0n) is 19.3. The number of nitrogens with zero attached hydrogens (tertiary/aromatic N) is 5. The fourth-order valence-electron chi connectivity index (χ4n) is 4.81. The van der Waals surface area contributed by atoms with Crippen LogP contribution in [0, 0.1) is 5.92 Å². The SMILES string of the molecule is O=C(C1CCCN(c2nc(Cc3ccc(Cl)cc3)ns2)C1)N1CCN(Cc2ccccc2)CC1. The molecule has 2 saturated heterocycles. The van der Waals surface area contributed by atoms with Crippen molar-refractivity contribution in [2.24, 2.45) is 5.92 Å². The molecule has 3 aromatic rings. The van der Waals surface area contributed by atoms with Gasteiger partial charge in [0.15, 0.2) is 0 Å². The molecule has 6 nitrogen and oxygen atoms in total. The van der Waals surface area contributed by atoms with E-state index >= 15 is 0 Å². The molecule has 0 bridgehead atoms. The molecule has 0 radical (unpaired) electrons. The molecule has 1 unspecified atom stereocenters. The van der Waals surface area contributed by atoms with E-state index in [0.717, 1.165) is 80.2 Å². The first-order valence-corrected chi connectivity index (χ1v) is 13.2. The molecule has 3 heterocycles. The third-order valence-corrected chi connectivity index (χ3v) is 7.77. The summed E-state index contributed by atoms with van der Waals surface area (Å²) in [7, 11) is 0. The van der Waals surface area contributed by atoms with E-state index in [9.17, 15) is 4.79 Å². The summed E-state index contributed by atoms with van der Waals surface area (Å²) in [5, 5.41) is 1.66. The summed E-state index contributed by atoms with van der Waals surface area (Å²) in [5.74, 6) is 1.17. The van der Waals surface area contributed by atoms with E-state index in [1.165, 1.54) is 17.1 Å². The average molecular weight is 496 g/mol. The minimum atomic E-state index is 0.0399. The Balaban J connectivity index is 1.14. The number of carbonyl (C=O) groups excluding carboxylic acids is 1. The zero-order chi connectivity index (χ0) is 23.3. The molecule has 2 aromatic carbocycles. The van der Waals surface area contributed by atoms with Crippen molar-refractivity contribution in [1.82, 2.24) is 19.2 Å². The maximum Gasteiger partial charge on any atom is 0.227 e. The highest BCUT2D eigenvalue weighted by Gasteiger charge is 2.32. The Kier molecular flexibility index (Phi) is 7.42. The van der Waals surface area contributed by atoms with Crippen molar-refractivity contribution in [2.75, 3.05) is 44.2 Å². The van der Waals surface area contributed by atoms with Crippen molar-refractivity contribution in [1.29, 1.82) is 0 Å². The summed E-state index contributed by atoms with van der Waals surface area (Å²) in [6, 6.07) is 18.4. The lowest BCUT2D eigenvalue weighted by molar-refractivity contribution is -0.137. The van der Waals surface area contributed by atoms with Gasteiger partial charge in [0.1, 0.15) is 5.82 Å². The molecule has 8 heteroatoms. The van der Waals surface area contributed by atoms with Gasteiger partial charge in [-0.05, 0) is 36.1 Å². The van der Waals surface area contributed by atoms with Crippen LogP contribution in [-0.4, -0.2) is 64.3 Å². The van der Waals surface area contributed by atoms with E-state index in [4.69, 9.17) is 16.6 Å². The van der Waals surface area contributed by atoms with E-state index in [0.29, 0.717) is 12.3 Å². The number of amides is 1. The number of benzene rings is 2. The Morgan fingerprint density at radius 2 is 1.74 bits per heavy atom. The molecule has 2 aliphatic rings. The lowest BCUT2D eigenvalue weighted by Crippen LogP contribution is -2.52. The number of anilines is 1. The van der Waals surface area contributed by atoms with Crippen molar-refractivity contribution in [2.45, 2.75) is 25.8 Å². The molecule has 5 rings (SSSR count). The second kappa shape index (κ2) is 10.8. The number of rotatable bonds is 6. The van der Waals surface area contributed by atoms with Gasteiger partial charge in [-0.2, -0.15) is 4.37 Å². The van der Waals surface area contributed by atoms with Crippen LogP contribution in [-0.2, 0) is 17.8 Å². The fraction of sp³-hybridized carbons (Fsp3) is 0.423. The van der Waals surface area contributed by atoms with Crippen LogP contribution in [0.4, 0.5) is 5.13 Å². The fourth-order valence-corrected chi connectivity index (χ4v) is 5.65. The van der Waals surface area contributed by atoms with Crippen LogP contribution >= 0.6 is 23.1 Å². The van der Waals surface area contributed by atoms with Gasteiger partial charge in [0.2, 0.25) is 11.0 Å². The van der Waals surface area contributed by atoms with Gasteiger partial charge in [-0.15, -0.1) is 0 Å². The third-order valence-electron chi connectivity index (χ3n) is 6.71. The molecule has 0 aliphatic carbocycles. The average Bonchev–Trinajstić information content (AvgIpc) is 3.35.